The van der Waals surface area contributed by atoms with Crippen molar-refractivity contribution in [1.82, 2.24) is 0 Å². The van der Waals surface area contributed by atoms with Gasteiger partial charge in [-0.05, 0) is 22.6 Å². The zero-order valence-electron chi connectivity index (χ0n) is 6.97. The predicted octanol–water partition coefficient (Wildman–Crippen LogP) is 3.03. The number of hydrogen-bond acceptors (Lipinski definition) is 3. The smallest absolute Gasteiger partial charge is 0.296 e. The van der Waals surface area contributed by atoms with Crippen LogP contribution in [0.3, 0.4) is 0 Å². The molecule has 0 spiro atoms. The second-order valence-corrected chi connectivity index (χ2v) is 3.93. The van der Waals surface area contributed by atoms with E-state index < -0.39 is 10.7 Å². The van der Waals surface area contributed by atoms with Gasteiger partial charge in [0.05, 0.1) is 9.95 Å². The maximum atomic E-state index is 13.4. The highest BCUT2D eigenvalue weighted by molar-refractivity contribution is 14.1. The molecule has 0 radical (unpaired) electrons. The normalized spacial score (nSPS) is 10.0. The monoisotopic (exact) mass is 330 g/mol. The molecule has 0 aliphatic carbocycles. The highest BCUT2D eigenvalue weighted by Crippen LogP contribution is 2.35. The van der Waals surface area contributed by atoms with E-state index in [0.717, 1.165) is 0 Å². The van der Waals surface area contributed by atoms with E-state index >= 15 is 0 Å². The second kappa shape index (κ2) is 4.26. The topological polar surface area (TPSA) is 55.2 Å². The van der Waals surface area contributed by atoms with Crippen LogP contribution in [0.15, 0.2) is 6.07 Å². The SMILES string of the molecule is CNc1c([N+](=O)[O-])cc(I)c(Cl)c1F. The summed E-state index contributed by atoms with van der Waals surface area (Å²) in [7, 11) is 1.40. The first-order valence-electron chi connectivity index (χ1n) is 3.48. The van der Waals surface area contributed by atoms with Crippen molar-refractivity contribution in [3.05, 3.63) is 30.6 Å². The summed E-state index contributed by atoms with van der Waals surface area (Å²) >= 11 is 7.33. The lowest BCUT2D eigenvalue weighted by Crippen LogP contribution is -2.01. The van der Waals surface area contributed by atoms with E-state index in [1.807, 2.05) is 0 Å². The van der Waals surface area contributed by atoms with Gasteiger partial charge in [0.2, 0.25) is 0 Å². The summed E-state index contributed by atoms with van der Waals surface area (Å²) in [5.74, 6) is -0.798. The Bertz CT molecular complexity index is 400. The quantitative estimate of drug-likeness (QED) is 0.392. The number of benzene rings is 1. The van der Waals surface area contributed by atoms with Crippen molar-refractivity contribution in [2.75, 3.05) is 12.4 Å². The van der Waals surface area contributed by atoms with Gasteiger partial charge in [-0.15, -0.1) is 0 Å². The van der Waals surface area contributed by atoms with E-state index in [1.165, 1.54) is 13.1 Å². The summed E-state index contributed by atoms with van der Waals surface area (Å²) in [6.07, 6.45) is 0. The summed E-state index contributed by atoms with van der Waals surface area (Å²) in [6.45, 7) is 0. The Morgan fingerprint density at radius 2 is 2.29 bits per heavy atom. The van der Waals surface area contributed by atoms with Gasteiger partial charge >= 0.3 is 0 Å². The molecule has 0 aliphatic heterocycles. The second-order valence-electron chi connectivity index (χ2n) is 2.39. The molecule has 0 saturated carbocycles. The average molecular weight is 330 g/mol. The molecule has 0 saturated heterocycles. The Balaban J connectivity index is 3.51. The van der Waals surface area contributed by atoms with Crippen molar-refractivity contribution in [2.24, 2.45) is 0 Å². The molecule has 1 rings (SSSR count). The molecule has 0 aromatic heterocycles. The molecule has 0 bridgehead atoms. The van der Waals surface area contributed by atoms with Crippen molar-refractivity contribution in [2.45, 2.75) is 0 Å². The maximum Gasteiger partial charge on any atom is 0.296 e. The Morgan fingerprint density at radius 1 is 1.71 bits per heavy atom. The maximum absolute atomic E-state index is 13.4. The van der Waals surface area contributed by atoms with Crippen LogP contribution in [0.5, 0.6) is 0 Å². The van der Waals surface area contributed by atoms with Gasteiger partial charge in [-0.3, -0.25) is 10.1 Å². The molecule has 7 heteroatoms. The van der Waals surface area contributed by atoms with Gasteiger partial charge in [-0.25, -0.2) is 4.39 Å². The minimum atomic E-state index is -0.798. The summed E-state index contributed by atoms with van der Waals surface area (Å²) in [5, 5.41) is 12.8. The summed E-state index contributed by atoms with van der Waals surface area (Å²) in [5.41, 5.74) is -0.515. The lowest BCUT2D eigenvalue weighted by molar-refractivity contribution is -0.384. The molecule has 1 N–H and O–H groups in total. The van der Waals surface area contributed by atoms with Crippen LogP contribution in [0.4, 0.5) is 15.8 Å². The molecular formula is C7H5ClFIN2O2. The van der Waals surface area contributed by atoms with E-state index in [1.54, 1.807) is 22.6 Å². The van der Waals surface area contributed by atoms with Gasteiger partial charge in [-0.1, -0.05) is 11.6 Å². The van der Waals surface area contributed by atoms with Crippen LogP contribution >= 0.6 is 34.2 Å². The van der Waals surface area contributed by atoms with Crippen LogP contribution in [0, 0.1) is 19.5 Å². The van der Waals surface area contributed by atoms with Crippen LogP contribution in [0.1, 0.15) is 0 Å². The zero-order chi connectivity index (χ0) is 10.9. The Morgan fingerprint density at radius 3 is 2.71 bits per heavy atom. The van der Waals surface area contributed by atoms with E-state index in [2.05, 4.69) is 5.32 Å². The number of nitrogens with one attached hydrogen (secondary N) is 1. The number of hydrogen-bond donors (Lipinski definition) is 1. The fourth-order valence-corrected chi connectivity index (χ4v) is 1.65. The average Bonchev–Trinajstić information content (AvgIpc) is 2.13. The molecule has 0 unspecified atom stereocenters. The third-order valence-corrected chi connectivity index (χ3v) is 3.13. The summed E-state index contributed by atoms with van der Waals surface area (Å²) in [4.78, 5) is 9.89. The van der Waals surface area contributed by atoms with Gasteiger partial charge in [0.15, 0.2) is 11.5 Å². The van der Waals surface area contributed by atoms with Crippen molar-refractivity contribution in [3.63, 3.8) is 0 Å². The minimum Gasteiger partial charge on any atom is -0.380 e. The van der Waals surface area contributed by atoms with E-state index in [4.69, 9.17) is 11.6 Å². The first-order valence-corrected chi connectivity index (χ1v) is 4.94. The van der Waals surface area contributed by atoms with Crippen molar-refractivity contribution < 1.29 is 9.31 Å². The fourth-order valence-electron chi connectivity index (χ4n) is 0.964. The number of nitro benzene ring substituents is 1. The largest absolute Gasteiger partial charge is 0.380 e. The first kappa shape index (κ1) is 11.4. The van der Waals surface area contributed by atoms with Gasteiger partial charge in [0.25, 0.3) is 5.69 Å². The lowest BCUT2D eigenvalue weighted by atomic mass is 10.2. The van der Waals surface area contributed by atoms with E-state index in [9.17, 15) is 14.5 Å². The third kappa shape index (κ3) is 1.90. The lowest BCUT2D eigenvalue weighted by Gasteiger charge is -2.06. The van der Waals surface area contributed by atoms with Gasteiger partial charge in [-0.2, -0.15) is 0 Å². The van der Waals surface area contributed by atoms with E-state index in [0.29, 0.717) is 3.57 Å². The van der Waals surface area contributed by atoms with Crippen LogP contribution < -0.4 is 5.32 Å². The number of nitro groups is 1. The Kier molecular flexibility index (Phi) is 3.48. The van der Waals surface area contributed by atoms with Crippen LogP contribution in [-0.2, 0) is 0 Å². The standard InChI is InChI=1S/C7H5ClFIN2O2/c1-11-7-4(12(13)14)2-3(10)5(8)6(7)9/h2,11H,1H3. The minimum absolute atomic E-state index is 0.111. The van der Waals surface area contributed by atoms with Crippen molar-refractivity contribution >= 4 is 45.6 Å². The van der Waals surface area contributed by atoms with Gasteiger partial charge < -0.3 is 5.32 Å². The van der Waals surface area contributed by atoms with Crippen molar-refractivity contribution in [1.29, 1.82) is 0 Å². The summed E-state index contributed by atoms with van der Waals surface area (Å²) in [6, 6.07) is 1.22. The first-order chi connectivity index (χ1) is 6.49. The number of anilines is 1. The number of rotatable bonds is 2. The Hall–Kier alpha value is -0.630. The zero-order valence-corrected chi connectivity index (χ0v) is 9.89. The Labute approximate surface area is 97.7 Å². The molecule has 76 valence electrons. The molecule has 4 nitrogen and oxygen atoms in total. The highest BCUT2D eigenvalue weighted by atomic mass is 127. The van der Waals surface area contributed by atoms with Gasteiger partial charge in [0.1, 0.15) is 0 Å². The molecule has 1 aromatic rings. The molecule has 14 heavy (non-hydrogen) atoms. The molecule has 1 aromatic carbocycles. The molecule has 0 heterocycles. The molecular weight excluding hydrogens is 325 g/mol. The predicted molar refractivity (Wildman–Crippen MR) is 60.3 cm³/mol. The van der Waals surface area contributed by atoms with E-state index in [-0.39, 0.29) is 16.4 Å². The van der Waals surface area contributed by atoms with Crippen LogP contribution in [-0.4, -0.2) is 12.0 Å². The molecule has 0 atom stereocenters. The number of nitrogens with zero attached hydrogens (tertiary/aromatic N) is 1. The van der Waals surface area contributed by atoms with Crippen molar-refractivity contribution in [3.8, 4) is 0 Å². The molecule has 0 amide bonds. The molecule has 0 aliphatic rings. The highest BCUT2D eigenvalue weighted by Gasteiger charge is 2.22. The number of halogens is 3. The molecule has 0 fully saturated rings. The van der Waals surface area contributed by atoms with Crippen LogP contribution in [0.2, 0.25) is 5.02 Å². The third-order valence-electron chi connectivity index (χ3n) is 1.59. The fraction of sp³-hybridized carbons (Fsp3) is 0.143. The van der Waals surface area contributed by atoms with Gasteiger partial charge in [0, 0.05) is 16.7 Å². The summed E-state index contributed by atoms with van der Waals surface area (Å²) < 4.78 is 13.7. The van der Waals surface area contributed by atoms with Crippen LogP contribution in [0.25, 0.3) is 0 Å².